The molecule has 0 aliphatic carbocycles. The summed E-state index contributed by atoms with van der Waals surface area (Å²) >= 11 is 0. The second-order valence-corrected chi connectivity index (χ2v) is 3.78. The van der Waals surface area contributed by atoms with Gasteiger partial charge in [-0.25, -0.2) is 0 Å². The van der Waals surface area contributed by atoms with Gasteiger partial charge in [0.15, 0.2) is 5.78 Å². The quantitative estimate of drug-likeness (QED) is 0.515. The summed E-state index contributed by atoms with van der Waals surface area (Å²) in [5.74, 6) is 0.737. The number of methoxy groups -OCH3 is 1. The molecule has 0 aromatic carbocycles. The van der Waals surface area contributed by atoms with Crippen LogP contribution in [0.25, 0.3) is 0 Å². The molecule has 0 amide bonds. The van der Waals surface area contributed by atoms with Crippen LogP contribution in [0.15, 0.2) is 18.5 Å². The van der Waals surface area contributed by atoms with Gasteiger partial charge >= 0.3 is 0 Å². The largest absolute Gasteiger partial charge is 0.492 e. The zero-order chi connectivity index (χ0) is 12.5. The fourth-order valence-electron chi connectivity index (χ4n) is 1.39. The molecule has 0 spiro atoms. The number of carbonyl (C=O) groups excluding carboxylic acids is 1. The van der Waals surface area contributed by atoms with E-state index in [1.54, 1.807) is 25.6 Å². The molecule has 1 aromatic heterocycles. The molecule has 0 atom stereocenters. The molecule has 0 saturated heterocycles. The Balaban J connectivity index is 2.54. The van der Waals surface area contributed by atoms with E-state index in [1.807, 2.05) is 6.92 Å². The van der Waals surface area contributed by atoms with Crippen molar-refractivity contribution in [1.82, 2.24) is 4.98 Å². The average molecular weight is 237 g/mol. The van der Waals surface area contributed by atoms with E-state index in [0.717, 1.165) is 12.8 Å². The predicted molar refractivity (Wildman–Crippen MR) is 65.5 cm³/mol. The van der Waals surface area contributed by atoms with Gasteiger partial charge in [0.05, 0.1) is 12.8 Å². The molecular weight excluding hydrogens is 218 g/mol. The molecule has 1 aromatic rings. The molecule has 1 heterocycles. The Morgan fingerprint density at radius 3 is 2.88 bits per heavy atom. The standard InChI is InChI=1S/C13H19NO3/c1-3-6-17-12-8-11(9-14-10-12)13(15)5-4-7-16-2/h8-10H,3-7H2,1-2H3. The number of hydrogen-bond donors (Lipinski definition) is 0. The third-order valence-electron chi connectivity index (χ3n) is 2.26. The Morgan fingerprint density at radius 1 is 1.35 bits per heavy atom. The zero-order valence-electron chi connectivity index (χ0n) is 10.4. The number of carbonyl (C=O) groups is 1. The lowest BCUT2D eigenvalue weighted by Crippen LogP contribution is -2.03. The summed E-state index contributed by atoms with van der Waals surface area (Å²) in [5.41, 5.74) is 0.606. The van der Waals surface area contributed by atoms with Gasteiger partial charge in [-0.1, -0.05) is 6.92 Å². The minimum absolute atomic E-state index is 0.0801. The normalized spacial score (nSPS) is 10.2. The minimum Gasteiger partial charge on any atom is -0.492 e. The number of ether oxygens (including phenoxy) is 2. The van der Waals surface area contributed by atoms with Gasteiger partial charge < -0.3 is 9.47 Å². The Labute approximate surface area is 102 Å². The van der Waals surface area contributed by atoms with E-state index in [0.29, 0.717) is 30.9 Å². The molecule has 4 nitrogen and oxygen atoms in total. The van der Waals surface area contributed by atoms with Gasteiger partial charge in [0.1, 0.15) is 5.75 Å². The fourth-order valence-corrected chi connectivity index (χ4v) is 1.39. The predicted octanol–water partition coefficient (Wildman–Crippen LogP) is 2.48. The van der Waals surface area contributed by atoms with Crippen molar-refractivity contribution in [2.45, 2.75) is 26.2 Å². The monoisotopic (exact) mass is 237 g/mol. The van der Waals surface area contributed by atoms with E-state index in [4.69, 9.17) is 9.47 Å². The van der Waals surface area contributed by atoms with Crippen LogP contribution in [0, 0.1) is 0 Å². The highest BCUT2D eigenvalue weighted by atomic mass is 16.5. The average Bonchev–Trinajstić information content (AvgIpc) is 2.37. The smallest absolute Gasteiger partial charge is 0.164 e. The first-order chi connectivity index (χ1) is 8.27. The first-order valence-corrected chi connectivity index (χ1v) is 5.88. The van der Waals surface area contributed by atoms with Gasteiger partial charge in [-0.2, -0.15) is 0 Å². The van der Waals surface area contributed by atoms with Crippen LogP contribution in [-0.2, 0) is 4.74 Å². The molecule has 17 heavy (non-hydrogen) atoms. The Hall–Kier alpha value is -1.42. The van der Waals surface area contributed by atoms with Crippen LogP contribution in [0.3, 0.4) is 0 Å². The zero-order valence-corrected chi connectivity index (χ0v) is 10.4. The summed E-state index contributed by atoms with van der Waals surface area (Å²) in [6, 6.07) is 1.75. The van der Waals surface area contributed by atoms with Gasteiger partial charge in [-0.05, 0) is 18.9 Å². The number of pyridine rings is 1. The molecule has 0 saturated carbocycles. The van der Waals surface area contributed by atoms with Crippen LogP contribution in [-0.4, -0.2) is 31.1 Å². The van der Waals surface area contributed by atoms with E-state index < -0.39 is 0 Å². The molecule has 94 valence electrons. The van der Waals surface area contributed by atoms with Gasteiger partial charge in [0, 0.05) is 31.9 Å². The summed E-state index contributed by atoms with van der Waals surface area (Å²) in [4.78, 5) is 15.8. The maximum absolute atomic E-state index is 11.8. The van der Waals surface area contributed by atoms with Crippen molar-refractivity contribution in [3.63, 3.8) is 0 Å². The van der Waals surface area contributed by atoms with Crippen LogP contribution in [0.4, 0.5) is 0 Å². The lowest BCUT2D eigenvalue weighted by atomic mass is 10.1. The van der Waals surface area contributed by atoms with Crippen LogP contribution < -0.4 is 4.74 Å². The van der Waals surface area contributed by atoms with Gasteiger partial charge in [0.2, 0.25) is 0 Å². The third kappa shape index (κ3) is 4.95. The van der Waals surface area contributed by atoms with Crippen molar-refractivity contribution in [3.05, 3.63) is 24.0 Å². The summed E-state index contributed by atoms with van der Waals surface area (Å²) in [5, 5.41) is 0. The molecule has 0 unspecified atom stereocenters. The van der Waals surface area contributed by atoms with E-state index in [1.165, 1.54) is 0 Å². The Bertz CT molecular complexity index is 352. The number of aromatic nitrogens is 1. The van der Waals surface area contributed by atoms with Gasteiger partial charge in [-0.15, -0.1) is 0 Å². The maximum Gasteiger partial charge on any atom is 0.164 e. The van der Waals surface area contributed by atoms with Crippen molar-refractivity contribution in [3.8, 4) is 5.75 Å². The van der Waals surface area contributed by atoms with E-state index >= 15 is 0 Å². The van der Waals surface area contributed by atoms with Crippen molar-refractivity contribution in [2.24, 2.45) is 0 Å². The first-order valence-electron chi connectivity index (χ1n) is 5.88. The number of rotatable bonds is 8. The first kappa shape index (κ1) is 13.6. The highest BCUT2D eigenvalue weighted by molar-refractivity contribution is 5.96. The number of Topliss-reactive ketones (excluding diaryl/α,β-unsaturated/α-hetero) is 1. The number of ketones is 1. The second kappa shape index (κ2) is 7.79. The lowest BCUT2D eigenvalue weighted by Gasteiger charge is -2.05. The molecule has 0 N–H and O–H groups in total. The highest BCUT2D eigenvalue weighted by Gasteiger charge is 2.07. The SMILES string of the molecule is CCCOc1cncc(C(=O)CCCOC)c1. The van der Waals surface area contributed by atoms with Crippen LogP contribution in [0.1, 0.15) is 36.5 Å². The van der Waals surface area contributed by atoms with Crippen LogP contribution >= 0.6 is 0 Å². The lowest BCUT2D eigenvalue weighted by molar-refractivity contribution is 0.0962. The van der Waals surface area contributed by atoms with Crippen molar-refractivity contribution in [2.75, 3.05) is 20.3 Å². The number of nitrogens with zero attached hydrogens (tertiary/aromatic N) is 1. The van der Waals surface area contributed by atoms with E-state index in [-0.39, 0.29) is 5.78 Å². The van der Waals surface area contributed by atoms with Crippen molar-refractivity contribution in [1.29, 1.82) is 0 Å². The Morgan fingerprint density at radius 2 is 2.18 bits per heavy atom. The maximum atomic E-state index is 11.8. The third-order valence-corrected chi connectivity index (χ3v) is 2.26. The summed E-state index contributed by atoms with van der Waals surface area (Å²) in [7, 11) is 1.63. The molecule has 4 heteroatoms. The fraction of sp³-hybridized carbons (Fsp3) is 0.538. The molecule has 0 radical (unpaired) electrons. The summed E-state index contributed by atoms with van der Waals surface area (Å²) < 4.78 is 10.3. The highest BCUT2D eigenvalue weighted by Crippen LogP contribution is 2.13. The summed E-state index contributed by atoms with van der Waals surface area (Å²) in [6.07, 6.45) is 5.35. The minimum atomic E-state index is 0.0801. The Kier molecular flexibility index (Phi) is 6.25. The molecule has 0 fully saturated rings. The topological polar surface area (TPSA) is 48.4 Å². The summed E-state index contributed by atoms with van der Waals surface area (Å²) in [6.45, 7) is 3.28. The van der Waals surface area contributed by atoms with Crippen molar-refractivity contribution >= 4 is 5.78 Å². The van der Waals surface area contributed by atoms with E-state index in [2.05, 4.69) is 4.98 Å². The van der Waals surface area contributed by atoms with Crippen molar-refractivity contribution < 1.29 is 14.3 Å². The van der Waals surface area contributed by atoms with Gasteiger partial charge in [-0.3, -0.25) is 9.78 Å². The van der Waals surface area contributed by atoms with Gasteiger partial charge in [0.25, 0.3) is 0 Å². The molecule has 0 bridgehead atoms. The van der Waals surface area contributed by atoms with Crippen LogP contribution in [0.5, 0.6) is 5.75 Å². The van der Waals surface area contributed by atoms with E-state index in [9.17, 15) is 4.79 Å². The molecule has 1 rings (SSSR count). The number of hydrogen-bond acceptors (Lipinski definition) is 4. The van der Waals surface area contributed by atoms with Crippen LogP contribution in [0.2, 0.25) is 0 Å². The molecule has 0 aliphatic heterocycles. The molecular formula is C13H19NO3. The molecule has 0 aliphatic rings. The second-order valence-electron chi connectivity index (χ2n) is 3.78.